The fourth-order valence-electron chi connectivity index (χ4n) is 5.17. The van der Waals surface area contributed by atoms with E-state index in [1.807, 2.05) is 6.92 Å². The molecule has 1 heterocycles. The summed E-state index contributed by atoms with van der Waals surface area (Å²) in [5.41, 5.74) is 1.17. The number of benzene rings is 2. The lowest BCUT2D eigenvalue weighted by molar-refractivity contribution is -0.141. The molecule has 0 bridgehead atoms. The number of amides is 2. The Morgan fingerprint density at radius 2 is 1.77 bits per heavy atom. The van der Waals surface area contributed by atoms with E-state index < -0.39 is 16.1 Å². The molecule has 218 valence electrons. The van der Waals surface area contributed by atoms with Crippen molar-refractivity contribution in [3.05, 3.63) is 52.0 Å². The highest BCUT2D eigenvalue weighted by Gasteiger charge is 2.31. The molecule has 40 heavy (non-hydrogen) atoms. The number of halogens is 2. The van der Waals surface area contributed by atoms with Crippen LogP contribution in [0.3, 0.4) is 0 Å². The van der Waals surface area contributed by atoms with Crippen LogP contribution in [-0.2, 0) is 26.2 Å². The van der Waals surface area contributed by atoms with E-state index in [0.717, 1.165) is 37.5 Å². The van der Waals surface area contributed by atoms with E-state index in [2.05, 4.69) is 5.32 Å². The number of carbonyl (C=O) groups is 2. The van der Waals surface area contributed by atoms with Gasteiger partial charge in [0.2, 0.25) is 28.6 Å². The summed E-state index contributed by atoms with van der Waals surface area (Å²) in [5.74, 6) is 0.584. The lowest BCUT2D eigenvalue weighted by Gasteiger charge is -2.32. The molecule has 1 saturated carbocycles. The van der Waals surface area contributed by atoms with Gasteiger partial charge in [0.25, 0.3) is 0 Å². The Bertz CT molecular complexity index is 1330. The van der Waals surface area contributed by atoms with Gasteiger partial charge in [-0.3, -0.25) is 13.9 Å². The highest BCUT2D eigenvalue weighted by molar-refractivity contribution is 7.92. The SMILES string of the molecule is CC[C@@H](C(=O)NC1CCCC1)N(Cc1ccc(Cl)c(Cl)c1)C(=O)CCCN(c1ccc2c(c1)OCO2)S(C)(=O)=O. The maximum Gasteiger partial charge on any atom is 0.243 e. The van der Waals surface area contributed by atoms with Gasteiger partial charge in [-0.05, 0) is 55.5 Å². The zero-order valence-corrected chi connectivity index (χ0v) is 25.0. The molecule has 2 aromatic carbocycles. The first-order valence-electron chi connectivity index (χ1n) is 13.5. The lowest BCUT2D eigenvalue weighted by atomic mass is 10.1. The summed E-state index contributed by atoms with van der Waals surface area (Å²) < 4.78 is 37.2. The van der Waals surface area contributed by atoms with Gasteiger partial charge in [-0.1, -0.05) is 49.0 Å². The molecule has 1 atom stereocenters. The van der Waals surface area contributed by atoms with Crippen LogP contribution in [0.4, 0.5) is 5.69 Å². The number of ether oxygens (including phenoxy) is 2. The summed E-state index contributed by atoms with van der Waals surface area (Å²) in [5, 5.41) is 3.88. The Balaban J connectivity index is 1.49. The Labute approximate surface area is 245 Å². The van der Waals surface area contributed by atoms with Gasteiger partial charge in [0, 0.05) is 31.6 Å². The topological polar surface area (TPSA) is 105 Å². The standard InChI is InChI=1S/C28H35Cl2N3O6S/c1-3-24(28(35)31-20-7-4-5-8-20)32(17-19-10-12-22(29)23(30)15-19)27(34)9-6-14-33(40(2,36)37)21-11-13-25-26(16-21)39-18-38-25/h10-13,15-16,20,24H,3-9,14,17-18H2,1-2H3,(H,31,35)/t24-/m0/s1. The highest BCUT2D eigenvalue weighted by atomic mass is 35.5. The quantitative estimate of drug-likeness (QED) is 0.356. The van der Waals surface area contributed by atoms with Gasteiger partial charge in [0.1, 0.15) is 6.04 Å². The van der Waals surface area contributed by atoms with E-state index in [1.165, 1.54) is 4.31 Å². The third-order valence-corrected chi connectivity index (χ3v) is 9.15. The molecule has 0 spiro atoms. The molecule has 1 N–H and O–H groups in total. The summed E-state index contributed by atoms with van der Waals surface area (Å²) in [6, 6.07) is 9.50. The minimum absolute atomic E-state index is 0.0467. The summed E-state index contributed by atoms with van der Waals surface area (Å²) in [6.07, 6.45) is 5.87. The number of nitrogens with zero attached hydrogens (tertiary/aromatic N) is 2. The van der Waals surface area contributed by atoms with Gasteiger partial charge >= 0.3 is 0 Å². The Kier molecular flexibility index (Phi) is 10.1. The number of anilines is 1. The fraction of sp³-hybridized carbons (Fsp3) is 0.500. The van der Waals surface area contributed by atoms with Crippen molar-refractivity contribution in [2.75, 3.05) is 23.9 Å². The van der Waals surface area contributed by atoms with Crippen LogP contribution >= 0.6 is 23.2 Å². The summed E-state index contributed by atoms with van der Waals surface area (Å²) in [6.45, 7) is 2.20. The first kappa shape index (κ1) is 30.3. The molecule has 2 aromatic rings. The molecular weight excluding hydrogens is 577 g/mol. The van der Waals surface area contributed by atoms with Crippen LogP contribution < -0.4 is 19.1 Å². The first-order chi connectivity index (χ1) is 19.1. The van der Waals surface area contributed by atoms with Crippen LogP contribution in [0.5, 0.6) is 11.5 Å². The van der Waals surface area contributed by atoms with Gasteiger partial charge in [-0.15, -0.1) is 0 Å². The summed E-state index contributed by atoms with van der Waals surface area (Å²) in [4.78, 5) is 28.5. The molecule has 9 nitrogen and oxygen atoms in total. The number of hydrogen-bond acceptors (Lipinski definition) is 6. The molecule has 0 aromatic heterocycles. The summed E-state index contributed by atoms with van der Waals surface area (Å²) in [7, 11) is -3.64. The van der Waals surface area contributed by atoms with Gasteiger partial charge in [-0.2, -0.15) is 0 Å². The van der Waals surface area contributed by atoms with Crippen molar-refractivity contribution >= 4 is 50.7 Å². The number of hydrogen-bond donors (Lipinski definition) is 1. The van der Waals surface area contributed by atoms with Crippen molar-refractivity contribution < 1.29 is 27.5 Å². The predicted molar refractivity (Wildman–Crippen MR) is 155 cm³/mol. The van der Waals surface area contributed by atoms with Crippen LogP contribution in [0, 0.1) is 0 Å². The van der Waals surface area contributed by atoms with Gasteiger partial charge in [-0.25, -0.2) is 8.42 Å². The van der Waals surface area contributed by atoms with E-state index in [1.54, 1.807) is 41.3 Å². The molecule has 4 rings (SSSR count). The monoisotopic (exact) mass is 611 g/mol. The average molecular weight is 613 g/mol. The average Bonchev–Trinajstić information content (AvgIpc) is 3.59. The maximum absolute atomic E-state index is 13.6. The second kappa shape index (κ2) is 13.3. The largest absolute Gasteiger partial charge is 0.454 e. The van der Waals surface area contributed by atoms with Gasteiger partial charge in [0.05, 0.1) is 22.0 Å². The van der Waals surface area contributed by atoms with Crippen LogP contribution in [0.25, 0.3) is 0 Å². The van der Waals surface area contributed by atoms with E-state index in [0.29, 0.717) is 33.7 Å². The number of carbonyl (C=O) groups excluding carboxylic acids is 2. The third kappa shape index (κ3) is 7.53. The molecule has 2 aliphatic rings. The normalized spacial score (nSPS) is 15.6. The Morgan fingerprint density at radius 3 is 2.45 bits per heavy atom. The third-order valence-electron chi connectivity index (χ3n) is 7.22. The molecule has 0 unspecified atom stereocenters. The molecule has 1 fully saturated rings. The predicted octanol–water partition coefficient (Wildman–Crippen LogP) is 5.13. The Morgan fingerprint density at radius 1 is 1.05 bits per heavy atom. The molecular formula is C28H35Cl2N3O6S. The van der Waals surface area contributed by atoms with Crippen LogP contribution in [0.15, 0.2) is 36.4 Å². The van der Waals surface area contributed by atoms with E-state index in [-0.39, 0.29) is 50.6 Å². The molecule has 1 aliphatic heterocycles. The molecule has 12 heteroatoms. The van der Waals surface area contributed by atoms with E-state index in [9.17, 15) is 18.0 Å². The van der Waals surface area contributed by atoms with Crippen LogP contribution in [-0.4, -0.2) is 56.8 Å². The van der Waals surface area contributed by atoms with Crippen molar-refractivity contribution in [3.63, 3.8) is 0 Å². The van der Waals surface area contributed by atoms with Crippen LogP contribution in [0.1, 0.15) is 57.4 Å². The Hall–Kier alpha value is -2.69. The fourth-order valence-corrected chi connectivity index (χ4v) is 6.44. The van der Waals surface area contributed by atoms with Crippen molar-refractivity contribution in [3.8, 4) is 11.5 Å². The minimum atomic E-state index is -3.64. The van der Waals surface area contributed by atoms with Crippen molar-refractivity contribution in [2.24, 2.45) is 0 Å². The zero-order valence-electron chi connectivity index (χ0n) is 22.7. The second-order valence-electron chi connectivity index (χ2n) is 10.2. The van der Waals surface area contributed by atoms with E-state index in [4.69, 9.17) is 32.7 Å². The number of rotatable bonds is 12. The smallest absolute Gasteiger partial charge is 0.243 e. The number of fused-ring (bicyclic) bond motifs is 1. The maximum atomic E-state index is 13.6. The number of nitrogens with one attached hydrogen (secondary N) is 1. The molecule has 2 amide bonds. The van der Waals surface area contributed by atoms with Crippen molar-refractivity contribution in [1.82, 2.24) is 10.2 Å². The van der Waals surface area contributed by atoms with Gasteiger partial charge in [0.15, 0.2) is 11.5 Å². The van der Waals surface area contributed by atoms with Crippen LogP contribution in [0.2, 0.25) is 10.0 Å². The van der Waals surface area contributed by atoms with Crippen molar-refractivity contribution in [1.29, 1.82) is 0 Å². The van der Waals surface area contributed by atoms with E-state index >= 15 is 0 Å². The lowest BCUT2D eigenvalue weighted by Crippen LogP contribution is -2.51. The molecule has 1 aliphatic carbocycles. The van der Waals surface area contributed by atoms with Gasteiger partial charge < -0.3 is 19.7 Å². The minimum Gasteiger partial charge on any atom is -0.454 e. The number of sulfonamides is 1. The zero-order chi connectivity index (χ0) is 28.9. The first-order valence-corrected chi connectivity index (χ1v) is 16.1. The van der Waals surface area contributed by atoms with Crippen molar-refractivity contribution in [2.45, 2.75) is 70.5 Å². The second-order valence-corrected chi connectivity index (χ2v) is 12.9. The molecule has 0 radical (unpaired) electrons. The summed E-state index contributed by atoms with van der Waals surface area (Å²) >= 11 is 12.3. The highest BCUT2D eigenvalue weighted by Crippen LogP contribution is 2.36. The molecule has 0 saturated heterocycles.